The van der Waals surface area contributed by atoms with Crippen molar-refractivity contribution in [2.45, 2.75) is 51.5 Å². The zero-order valence-corrected chi connectivity index (χ0v) is 12.3. The van der Waals surface area contributed by atoms with Gasteiger partial charge in [-0.15, -0.1) is 0 Å². The molecular weight excluding hydrogens is 238 g/mol. The topological polar surface area (TPSA) is 44.4 Å². The molecule has 2 saturated heterocycles. The van der Waals surface area contributed by atoms with Crippen LogP contribution in [0.4, 0.5) is 0 Å². The summed E-state index contributed by atoms with van der Waals surface area (Å²) in [6.45, 7) is 7.76. The van der Waals surface area contributed by atoms with Gasteiger partial charge < -0.3 is 15.5 Å². The van der Waals surface area contributed by atoms with Gasteiger partial charge in [0.2, 0.25) is 5.91 Å². The van der Waals surface area contributed by atoms with Gasteiger partial charge in [-0.25, -0.2) is 0 Å². The van der Waals surface area contributed by atoms with Gasteiger partial charge in [0.05, 0.1) is 0 Å². The minimum Gasteiger partial charge on any atom is -0.353 e. The Labute approximate surface area is 117 Å². The van der Waals surface area contributed by atoms with Crippen LogP contribution in [-0.2, 0) is 4.79 Å². The van der Waals surface area contributed by atoms with E-state index >= 15 is 0 Å². The van der Waals surface area contributed by atoms with Crippen molar-refractivity contribution in [1.29, 1.82) is 0 Å². The molecule has 4 heteroatoms. The second-order valence-electron chi connectivity index (χ2n) is 6.00. The molecule has 2 rings (SSSR count). The maximum atomic E-state index is 12.2. The lowest BCUT2D eigenvalue weighted by Gasteiger charge is -2.33. The van der Waals surface area contributed by atoms with Crippen LogP contribution < -0.4 is 10.6 Å². The maximum absolute atomic E-state index is 12.2. The minimum absolute atomic E-state index is 0.249. The molecule has 2 aliphatic rings. The lowest BCUT2D eigenvalue weighted by Crippen LogP contribution is -2.47. The van der Waals surface area contributed by atoms with Crippen LogP contribution in [0.1, 0.15) is 45.4 Å². The Kier molecular flexibility index (Phi) is 6.11. The van der Waals surface area contributed by atoms with Crippen LogP contribution in [0, 0.1) is 5.92 Å². The van der Waals surface area contributed by atoms with E-state index in [0.29, 0.717) is 11.9 Å². The van der Waals surface area contributed by atoms with E-state index in [2.05, 4.69) is 22.5 Å². The van der Waals surface area contributed by atoms with Crippen molar-refractivity contribution in [2.24, 2.45) is 5.92 Å². The SMILES string of the molecule is CCCCN1CCC(NC(=O)C2CCNCC2)CC1. The Morgan fingerprint density at radius 1 is 1.21 bits per heavy atom. The molecule has 0 aromatic heterocycles. The van der Waals surface area contributed by atoms with E-state index in [0.717, 1.165) is 51.9 Å². The molecule has 0 bridgehead atoms. The average molecular weight is 267 g/mol. The molecule has 0 aromatic rings. The third kappa shape index (κ3) is 4.77. The normalized spacial score (nSPS) is 23.4. The van der Waals surface area contributed by atoms with Crippen molar-refractivity contribution in [3.63, 3.8) is 0 Å². The van der Waals surface area contributed by atoms with Gasteiger partial charge in [0.1, 0.15) is 0 Å². The van der Waals surface area contributed by atoms with Gasteiger partial charge >= 0.3 is 0 Å². The highest BCUT2D eigenvalue weighted by molar-refractivity contribution is 5.79. The van der Waals surface area contributed by atoms with Gasteiger partial charge in [-0.1, -0.05) is 13.3 Å². The Balaban J connectivity index is 1.65. The first kappa shape index (κ1) is 14.8. The quantitative estimate of drug-likeness (QED) is 0.791. The van der Waals surface area contributed by atoms with Crippen LogP contribution in [0.25, 0.3) is 0 Å². The molecule has 0 aliphatic carbocycles. The lowest BCUT2D eigenvalue weighted by molar-refractivity contribution is -0.126. The van der Waals surface area contributed by atoms with Gasteiger partial charge in [-0.05, 0) is 51.7 Å². The largest absolute Gasteiger partial charge is 0.353 e. The van der Waals surface area contributed by atoms with Crippen LogP contribution in [0.3, 0.4) is 0 Å². The Morgan fingerprint density at radius 2 is 1.89 bits per heavy atom. The lowest BCUT2D eigenvalue weighted by atomic mass is 9.96. The number of rotatable bonds is 5. The smallest absolute Gasteiger partial charge is 0.223 e. The number of amides is 1. The van der Waals surface area contributed by atoms with Crippen LogP contribution in [0.15, 0.2) is 0 Å². The van der Waals surface area contributed by atoms with Gasteiger partial charge in [-0.2, -0.15) is 0 Å². The number of hydrogen-bond donors (Lipinski definition) is 2. The highest BCUT2D eigenvalue weighted by Crippen LogP contribution is 2.15. The second-order valence-corrected chi connectivity index (χ2v) is 6.00. The monoisotopic (exact) mass is 267 g/mol. The summed E-state index contributed by atoms with van der Waals surface area (Å²) in [5.74, 6) is 0.549. The predicted molar refractivity (Wildman–Crippen MR) is 78.1 cm³/mol. The summed E-state index contributed by atoms with van der Waals surface area (Å²) in [4.78, 5) is 14.7. The fraction of sp³-hybridized carbons (Fsp3) is 0.933. The first-order valence-corrected chi connectivity index (χ1v) is 8.03. The van der Waals surface area contributed by atoms with Crippen molar-refractivity contribution < 1.29 is 4.79 Å². The van der Waals surface area contributed by atoms with E-state index in [1.165, 1.54) is 19.4 Å². The first-order valence-electron chi connectivity index (χ1n) is 8.03. The number of likely N-dealkylation sites (tertiary alicyclic amines) is 1. The van der Waals surface area contributed by atoms with Gasteiger partial charge in [-0.3, -0.25) is 4.79 Å². The Bertz CT molecular complexity index is 269. The third-order valence-electron chi connectivity index (χ3n) is 4.47. The molecule has 0 atom stereocenters. The van der Waals surface area contributed by atoms with E-state index in [4.69, 9.17) is 0 Å². The molecule has 1 amide bonds. The fourth-order valence-electron chi connectivity index (χ4n) is 3.09. The fourth-order valence-corrected chi connectivity index (χ4v) is 3.09. The standard InChI is InChI=1S/C15H29N3O/c1-2-3-10-18-11-6-14(7-12-18)17-15(19)13-4-8-16-9-5-13/h13-14,16H,2-12H2,1H3,(H,17,19). The van der Waals surface area contributed by atoms with Crippen molar-refractivity contribution >= 4 is 5.91 Å². The molecule has 2 fully saturated rings. The summed E-state index contributed by atoms with van der Waals surface area (Å²) in [6.07, 6.45) is 6.82. The summed E-state index contributed by atoms with van der Waals surface area (Å²) in [5, 5.41) is 6.58. The van der Waals surface area contributed by atoms with E-state index in [1.54, 1.807) is 0 Å². The number of carbonyl (C=O) groups excluding carboxylic acids is 1. The highest BCUT2D eigenvalue weighted by Gasteiger charge is 2.25. The van der Waals surface area contributed by atoms with Crippen molar-refractivity contribution in [3.05, 3.63) is 0 Å². The molecule has 110 valence electrons. The number of nitrogens with zero attached hydrogens (tertiary/aromatic N) is 1. The van der Waals surface area contributed by atoms with Crippen LogP contribution in [0.5, 0.6) is 0 Å². The molecule has 19 heavy (non-hydrogen) atoms. The molecule has 0 radical (unpaired) electrons. The van der Waals surface area contributed by atoms with Gasteiger partial charge in [0, 0.05) is 25.0 Å². The highest BCUT2D eigenvalue weighted by atomic mass is 16.1. The van der Waals surface area contributed by atoms with E-state index < -0.39 is 0 Å². The molecular formula is C15H29N3O. The molecule has 4 nitrogen and oxygen atoms in total. The molecule has 2 N–H and O–H groups in total. The third-order valence-corrected chi connectivity index (χ3v) is 4.47. The average Bonchev–Trinajstić information content (AvgIpc) is 2.47. The van der Waals surface area contributed by atoms with Crippen molar-refractivity contribution in [1.82, 2.24) is 15.5 Å². The van der Waals surface area contributed by atoms with Crippen LogP contribution >= 0.6 is 0 Å². The summed E-state index contributed by atoms with van der Waals surface area (Å²) in [6, 6.07) is 0.417. The molecule has 0 unspecified atom stereocenters. The summed E-state index contributed by atoms with van der Waals surface area (Å²) in [5.41, 5.74) is 0. The summed E-state index contributed by atoms with van der Waals surface area (Å²) >= 11 is 0. The zero-order chi connectivity index (χ0) is 13.5. The summed E-state index contributed by atoms with van der Waals surface area (Å²) < 4.78 is 0. The molecule has 0 saturated carbocycles. The number of piperidine rings is 2. The summed E-state index contributed by atoms with van der Waals surface area (Å²) in [7, 11) is 0. The van der Waals surface area contributed by atoms with Crippen molar-refractivity contribution in [3.8, 4) is 0 Å². The molecule has 0 aromatic carbocycles. The van der Waals surface area contributed by atoms with Crippen LogP contribution in [-0.4, -0.2) is 49.6 Å². The predicted octanol–water partition coefficient (Wildman–Crippen LogP) is 1.37. The molecule has 2 heterocycles. The second kappa shape index (κ2) is 7.85. The van der Waals surface area contributed by atoms with E-state index in [9.17, 15) is 4.79 Å². The van der Waals surface area contributed by atoms with Crippen molar-refractivity contribution in [2.75, 3.05) is 32.7 Å². The Hall–Kier alpha value is -0.610. The van der Waals surface area contributed by atoms with Gasteiger partial charge in [0.15, 0.2) is 0 Å². The number of carbonyl (C=O) groups is 1. The minimum atomic E-state index is 0.249. The van der Waals surface area contributed by atoms with Crippen LogP contribution in [0.2, 0.25) is 0 Å². The van der Waals surface area contributed by atoms with E-state index in [-0.39, 0.29) is 5.92 Å². The number of nitrogens with one attached hydrogen (secondary N) is 2. The Morgan fingerprint density at radius 3 is 2.53 bits per heavy atom. The van der Waals surface area contributed by atoms with E-state index in [1.807, 2.05) is 0 Å². The first-order chi connectivity index (χ1) is 9.29. The molecule has 0 spiro atoms. The number of hydrogen-bond acceptors (Lipinski definition) is 3. The maximum Gasteiger partial charge on any atom is 0.223 e. The molecule has 2 aliphatic heterocycles. The van der Waals surface area contributed by atoms with Gasteiger partial charge in [0.25, 0.3) is 0 Å². The number of unbranched alkanes of at least 4 members (excludes halogenated alkanes) is 1. The zero-order valence-electron chi connectivity index (χ0n) is 12.3.